The molecule has 1 heterocycles. The summed E-state index contributed by atoms with van der Waals surface area (Å²) < 4.78 is 5.69. The highest BCUT2D eigenvalue weighted by molar-refractivity contribution is 6.29. The fraction of sp³-hybridized carbons (Fsp3) is 0.312. The van der Waals surface area contributed by atoms with E-state index in [2.05, 4.69) is 43.1 Å². The summed E-state index contributed by atoms with van der Waals surface area (Å²) in [6.07, 6.45) is 2.73. The highest BCUT2D eigenvalue weighted by Crippen LogP contribution is 2.15. The van der Waals surface area contributed by atoms with Gasteiger partial charge in [-0.2, -0.15) is 0 Å². The van der Waals surface area contributed by atoms with Crippen molar-refractivity contribution in [3.8, 4) is 5.75 Å². The SMILES string of the molecule is CC(C)Cc1cccc(COc2ccc(Cl)nc2)c1. The Bertz CT molecular complexity index is 523. The first-order valence-corrected chi connectivity index (χ1v) is 6.83. The van der Waals surface area contributed by atoms with Crippen LogP contribution in [0.5, 0.6) is 5.75 Å². The summed E-state index contributed by atoms with van der Waals surface area (Å²) >= 11 is 5.73. The predicted molar refractivity (Wildman–Crippen MR) is 78.6 cm³/mol. The minimum Gasteiger partial charge on any atom is -0.487 e. The third-order valence-corrected chi connectivity index (χ3v) is 2.96. The van der Waals surface area contributed by atoms with Gasteiger partial charge in [0.25, 0.3) is 0 Å². The van der Waals surface area contributed by atoms with Crippen LogP contribution in [0, 0.1) is 5.92 Å². The van der Waals surface area contributed by atoms with Crippen molar-refractivity contribution in [2.75, 3.05) is 0 Å². The molecule has 0 fully saturated rings. The average Bonchev–Trinajstić information content (AvgIpc) is 2.38. The van der Waals surface area contributed by atoms with Crippen molar-refractivity contribution in [1.29, 1.82) is 0 Å². The van der Waals surface area contributed by atoms with Gasteiger partial charge in [0.05, 0.1) is 6.20 Å². The Morgan fingerprint density at radius 2 is 1.95 bits per heavy atom. The van der Waals surface area contributed by atoms with E-state index in [9.17, 15) is 0 Å². The Balaban J connectivity index is 1.97. The lowest BCUT2D eigenvalue weighted by Crippen LogP contribution is -1.99. The molecular formula is C16H18ClNO. The van der Waals surface area contributed by atoms with Crippen molar-refractivity contribution >= 4 is 11.6 Å². The van der Waals surface area contributed by atoms with Crippen LogP contribution < -0.4 is 4.74 Å². The molecule has 0 aliphatic carbocycles. The summed E-state index contributed by atoms with van der Waals surface area (Å²) in [6.45, 7) is 5.00. The molecule has 0 radical (unpaired) electrons. The molecule has 0 bridgehead atoms. The Kier molecular flexibility index (Phi) is 4.80. The molecule has 1 aromatic heterocycles. The van der Waals surface area contributed by atoms with E-state index in [1.54, 1.807) is 12.3 Å². The zero-order valence-corrected chi connectivity index (χ0v) is 12.0. The second-order valence-electron chi connectivity index (χ2n) is 5.02. The number of rotatable bonds is 5. The highest BCUT2D eigenvalue weighted by Gasteiger charge is 2.01. The molecule has 1 aromatic carbocycles. The number of ether oxygens (including phenoxy) is 1. The molecule has 2 rings (SSSR count). The number of nitrogens with zero attached hydrogens (tertiary/aromatic N) is 1. The van der Waals surface area contributed by atoms with Crippen LogP contribution in [0.25, 0.3) is 0 Å². The van der Waals surface area contributed by atoms with Crippen molar-refractivity contribution in [2.45, 2.75) is 26.9 Å². The van der Waals surface area contributed by atoms with Gasteiger partial charge >= 0.3 is 0 Å². The minimum absolute atomic E-state index is 0.478. The maximum Gasteiger partial charge on any atom is 0.138 e. The molecule has 0 atom stereocenters. The topological polar surface area (TPSA) is 22.1 Å². The molecule has 0 spiro atoms. The zero-order chi connectivity index (χ0) is 13.7. The lowest BCUT2D eigenvalue weighted by molar-refractivity contribution is 0.305. The zero-order valence-electron chi connectivity index (χ0n) is 11.3. The first kappa shape index (κ1) is 13.9. The van der Waals surface area contributed by atoms with Gasteiger partial charge in [0.15, 0.2) is 0 Å². The summed E-state index contributed by atoms with van der Waals surface area (Å²) in [6, 6.07) is 12.1. The van der Waals surface area contributed by atoms with Gasteiger partial charge in [0.2, 0.25) is 0 Å². The number of benzene rings is 1. The van der Waals surface area contributed by atoms with Crippen molar-refractivity contribution in [2.24, 2.45) is 5.92 Å². The minimum atomic E-state index is 0.478. The largest absolute Gasteiger partial charge is 0.487 e. The van der Waals surface area contributed by atoms with Gasteiger partial charge in [-0.1, -0.05) is 49.7 Å². The summed E-state index contributed by atoms with van der Waals surface area (Å²) in [5, 5.41) is 0.478. The lowest BCUT2D eigenvalue weighted by Gasteiger charge is -2.09. The van der Waals surface area contributed by atoms with Crippen LogP contribution in [0.4, 0.5) is 0 Å². The number of hydrogen-bond acceptors (Lipinski definition) is 2. The van der Waals surface area contributed by atoms with Crippen molar-refractivity contribution in [3.63, 3.8) is 0 Å². The molecule has 0 aliphatic rings. The van der Waals surface area contributed by atoms with Crippen molar-refractivity contribution < 1.29 is 4.74 Å². The van der Waals surface area contributed by atoms with Crippen LogP contribution >= 0.6 is 11.6 Å². The maximum absolute atomic E-state index is 5.73. The van der Waals surface area contributed by atoms with Gasteiger partial charge in [0.1, 0.15) is 17.5 Å². The van der Waals surface area contributed by atoms with Gasteiger partial charge in [-0.3, -0.25) is 0 Å². The Labute approximate surface area is 119 Å². The van der Waals surface area contributed by atoms with Gasteiger partial charge in [-0.15, -0.1) is 0 Å². The normalized spacial score (nSPS) is 10.7. The Hall–Kier alpha value is -1.54. The van der Waals surface area contributed by atoms with Crippen molar-refractivity contribution in [3.05, 3.63) is 58.9 Å². The number of aromatic nitrogens is 1. The Morgan fingerprint density at radius 3 is 2.63 bits per heavy atom. The smallest absolute Gasteiger partial charge is 0.138 e. The maximum atomic E-state index is 5.73. The molecule has 2 nitrogen and oxygen atoms in total. The van der Waals surface area contributed by atoms with Crippen LogP contribution in [-0.4, -0.2) is 4.98 Å². The fourth-order valence-corrected chi connectivity index (χ4v) is 2.04. The third-order valence-electron chi connectivity index (χ3n) is 2.74. The first-order chi connectivity index (χ1) is 9.13. The first-order valence-electron chi connectivity index (χ1n) is 6.45. The van der Waals surface area contributed by atoms with E-state index in [0.717, 1.165) is 12.2 Å². The molecule has 19 heavy (non-hydrogen) atoms. The number of halogens is 1. The Morgan fingerprint density at radius 1 is 1.16 bits per heavy atom. The second kappa shape index (κ2) is 6.58. The van der Waals surface area contributed by atoms with Gasteiger partial charge in [-0.25, -0.2) is 4.98 Å². The molecule has 0 unspecified atom stereocenters. The molecule has 0 saturated heterocycles. The highest BCUT2D eigenvalue weighted by atomic mass is 35.5. The average molecular weight is 276 g/mol. The number of pyridine rings is 1. The second-order valence-corrected chi connectivity index (χ2v) is 5.41. The van der Waals surface area contributed by atoms with E-state index in [1.165, 1.54) is 11.1 Å². The standard InChI is InChI=1S/C16H18ClNO/c1-12(2)8-13-4-3-5-14(9-13)11-19-15-6-7-16(17)18-10-15/h3-7,9-10,12H,8,11H2,1-2H3. The molecule has 0 aliphatic heterocycles. The summed E-state index contributed by atoms with van der Waals surface area (Å²) in [5.74, 6) is 1.40. The molecule has 3 heteroatoms. The molecule has 0 N–H and O–H groups in total. The van der Waals surface area contributed by atoms with Crippen LogP contribution in [0.2, 0.25) is 5.15 Å². The van der Waals surface area contributed by atoms with Gasteiger partial charge in [0, 0.05) is 0 Å². The van der Waals surface area contributed by atoms with E-state index >= 15 is 0 Å². The predicted octanol–water partition coefficient (Wildman–Crippen LogP) is 4.51. The van der Waals surface area contributed by atoms with E-state index in [1.807, 2.05) is 6.07 Å². The van der Waals surface area contributed by atoms with Crippen LogP contribution in [0.3, 0.4) is 0 Å². The molecule has 2 aromatic rings. The molecule has 0 saturated carbocycles. The van der Waals surface area contributed by atoms with Crippen LogP contribution in [0.1, 0.15) is 25.0 Å². The summed E-state index contributed by atoms with van der Waals surface area (Å²) in [4.78, 5) is 3.99. The fourth-order valence-electron chi connectivity index (χ4n) is 1.93. The monoisotopic (exact) mass is 275 g/mol. The molecular weight excluding hydrogens is 258 g/mol. The quantitative estimate of drug-likeness (QED) is 0.749. The molecule has 0 amide bonds. The van der Waals surface area contributed by atoms with Gasteiger partial charge in [-0.05, 0) is 35.6 Å². The van der Waals surface area contributed by atoms with Crippen LogP contribution in [0.15, 0.2) is 42.6 Å². The third kappa shape index (κ3) is 4.56. The molecule has 100 valence electrons. The van der Waals surface area contributed by atoms with E-state index in [0.29, 0.717) is 17.7 Å². The van der Waals surface area contributed by atoms with Crippen molar-refractivity contribution in [1.82, 2.24) is 4.98 Å². The number of hydrogen-bond donors (Lipinski definition) is 0. The van der Waals surface area contributed by atoms with E-state index in [4.69, 9.17) is 16.3 Å². The summed E-state index contributed by atoms with van der Waals surface area (Å²) in [5.41, 5.74) is 2.53. The van der Waals surface area contributed by atoms with E-state index < -0.39 is 0 Å². The lowest BCUT2D eigenvalue weighted by atomic mass is 10.0. The summed E-state index contributed by atoms with van der Waals surface area (Å²) in [7, 11) is 0. The van der Waals surface area contributed by atoms with Crippen LogP contribution in [-0.2, 0) is 13.0 Å². The van der Waals surface area contributed by atoms with E-state index in [-0.39, 0.29) is 0 Å². The van der Waals surface area contributed by atoms with Gasteiger partial charge < -0.3 is 4.74 Å².